The van der Waals surface area contributed by atoms with Gasteiger partial charge in [0.2, 0.25) is 5.91 Å². The molecule has 0 spiro atoms. The summed E-state index contributed by atoms with van der Waals surface area (Å²) in [7, 11) is 0. The molecule has 1 aromatic heterocycles. The van der Waals surface area contributed by atoms with Crippen LogP contribution in [0.25, 0.3) is 0 Å². The first-order valence-electron chi connectivity index (χ1n) is 9.24. The van der Waals surface area contributed by atoms with Crippen LogP contribution >= 0.6 is 0 Å². The molecule has 0 aliphatic carbocycles. The van der Waals surface area contributed by atoms with E-state index in [1.807, 2.05) is 13.0 Å². The van der Waals surface area contributed by atoms with Gasteiger partial charge in [0.1, 0.15) is 11.6 Å². The van der Waals surface area contributed by atoms with Gasteiger partial charge in [0.15, 0.2) is 0 Å². The number of halogens is 1. The van der Waals surface area contributed by atoms with Crippen molar-refractivity contribution in [1.82, 2.24) is 9.88 Å². The predicted octanol–water partition coefficient (Wildman–Crippen LogP) is 3.24. The van der Waals surface area contributed by atoms with Gasteiger partial charge in [-0.05, 0) is 44.4 Å². The van der Waals surface area contributed by atoms with Gasteiger partial charge in [-0.3, -0.25) is 19.7 Å². The molecule has 1 aliphatic heterocycles. The predicted molar refractivity (Wildman–Crippen MR) is 104 cm³/mol. The standard InChI is InChI=1S/C20H21FN4O4/c1-12-5-3-7-22-18(12)23-19(26)14-6-4-8-24(11-14)20(27)15-9-16(21)13(2)17(10-15)25(28)29/h3,5,7,9-10,14H,4,6,8,11H2,1-2H3,(H,22,23,26). The first-order valence-corrected chi connectivity index (χ1v) is 9.24. The molecule has 3 rings (SSSR count). The number of pyridine rings is 1. The Labute approximate surface area is 166 Å². The third-order valence-corrected chi connectivity index (χ3v) is 5.09. The van der Waals surface area contributed by atoms with Crippen LogP contribution in [-0.4, -0.2) is 39.7 Å². The number of piperidine rings is 1. The number of benzene rings is 1. The molecule has 29 heavy (non-hydrogen) atoms. The van der Waals surface area contributed by atoms with Crippen LogP contribution in [0.4, 0.5) is 15.9 Å². The summed E-state index contributed by atoms with van der Waals surface area (Å²) in [5.74, 6) is -1.56. The summed E-state index contributed by atoms with van der Waals surface area (Å²) in [6.07, 6.45) is 2.78. The van der Waals surface area contributed by atoms with E-state index >= 15 is 0 Å². The summed E-state index contributed by atoms with van der Waals surface area (Å²) in [5, 5.41) is 13.9. The Morgan fingerprint density at radius 3 is 2.79 bits per heavy atom. The number of nitro benzene ring substituents is 1. The molecule has 0 radical (unpaired) electrons. The van der Waals surface area contributed by atoms with Crippen LogP contribution in [0.5, 0.6) is 0 Å². The van der Waals surface area contributed by atoms with E-state index in [9.17, 15) is 24.1 Å². The van der Waals surface area contributed by atoms with Crippen molar-refractivity contribution in [2.24, 2.45) is 5.92 Å². The number of hydrogen-bond acceptors (Lipinski definition) is 5. The lowest BCUT2D eigenvalue weighted by molar-refractivity contribution is -0.385. The number of likely N-dealkylation sites (tertiary alicyclic amines) is 1. The lowest BCUT2D eigenvalue weighted by Crippen LogP contribution is -2.44. The maximum absolute atomic E-state index is 14.1. The quantitative estimate of drug-likeness (QED) is 0.627. The number of nitro groups is 1. The van der Waals surface area contributed by atoms with E-state index in [2.05, 4.69) is 10.3 Å². The minimum Gasteiger partial charge on any atom is -0.338 e. The molecule has 9 heteroatoms. The Bertz CT molecular complexity index is 979. The van der Waals surface area contributed by atoms with Crippen molar-refractivity contribution in [3.05, 3.63) is 63.1 Å². The molecule has 1 saturated heterocycles. The van der Waals surface area contributed by atoms with Crippen LogP contribution < -0.4 is 5.32 Å². The first-order chi connectivity index (χ1) is 13.8. The minimum absolute atomic E-state index is 0.0959. The summed E-state index contributed by atoms with van der Waals surface area (Å²) in [5.41, 5.74) is 0.173. The van der Waals surface area contributed by atoms with Crippen molar-refractivity contribution in [2.75, 3.05) is 18.4 Å². The Balaban J connectivity index is 1.75. The number of rotatable bonds is 4. The molecular formula is C20H21FN4O4. The van der Waals surface area contributed by atoms with Gasteiger partial charge in [-0.1, -0.05) is 6.07 Å². The number of carbonyl (C=O) groups excluding carboxylic acids is 2. The van der Waals surface area contributed by atoms with Crippen LogP contribution in [0.15, 0.2) is 30.5 Å². The zero-order chi connectivity index (χ0) is 21.1. The molecule has 1 N–H and O–H groups in total. The fraction of sp³-hybridized carbons (Fsp3) is 0.350. The molecule has 2 amide bonds. The minimum atomic E-state index is -0.806. The summed E-state index contributed by atoms with van der Waals surface area (Å²) >= 11 is 0. The molecule has 0 saturated carbocycles. The lowest BCUT2D eigenvalue weighted by Gasteiger charge is -2.32. The van der Waals surface area contributed by atoms with E-state index < -0.39 is 28.3 Å². The maximum atomic E-state index is 14.1. The van der Waals surface area contributed by atoms with E-state index in [0.29, 0.717) is 25.2 Å². The number of aryl methyl sites for hydroxylation is 1. The first kappa shape index (κ1) is 20.4. The monoisotopic (exact) mass is 400 g/mol. The summed E-state index contributed by atoms with van der Waals surface area (Å²) < 4.78 is 14.1. The Morgan fingerprint density at radius 2 is 2.10 bits per heavy atom. The van der Waals surface area contributed by atoms with E-state index in [0.717, 1.165) is 17.7 Å². The van der Waals surface area contributed by atoms with Crippen molar-refractivity contribution in [2.45, 2.75) is 26.7 Å². The van der Waals surface area contributed by atoms with E-state index in [1.54, 1.807) is 12.3 Å². The highest BCUT2D eigenvalue weighted by Gasteiger charge is 2.30. The van der Waals surface area contributed by atoms with E-state index in [-0.39, 0.29) is 23.6 Å². The highest BCUT2D eigenvalue weighted by molar-refractivity contribution is 5.96. The van der Waals surface area contributed by atoms with Crippen molar-refractivity contribution in [3.63, 3.8) is 0 Å². The summed E-state index contributed by atoms with van der Waals surface area (Å²) in [6.45, 7) is 3.68. The van der Waals surface area contributed by atoms with Crippen LogP contribution in [0.3, 0.4) is 0 Å². The molecule has 152 valence electrons. The number of anilines is 1. The van der Waals surface area contributed by atoms with Crippen LogP contribution in [0.1, 0.15) is 34.3 Å². The average Bonchev–Trinajstić information content (AvgIpc) is 2.71. The second kappa shape index (κ2) is 8.34. The molecular weight excluding hydrogens is 379 g/mol. The lowest BCUT2D eigenvalue weighted by atomic mass is 9.96. The molecule has 1 aromatic carbocycles. The number of aromatic nitrogens is 1. The van der Waals surface area contributed by atoms with Crippen molar-refractivity contribution < 1.29 is 18.9 Å². The molecule has 0 bridgehead atoms. The Morgan fingerprint density at radius 1 is 1.34 bits per heavy atom. The van der Waals surface area contributed by atoms with Crippen molar-refractivity contribution >= 4 is 23.3 Å². The van der Waals surface area contributed by atoms with Gasteiger partial charge in [0, 0.05) is 30.9 Å². The zero-order valence-electron chi connectivity index (χ0n) is 16.1. The second-order valence-electron chi connectivity index (χ2n) is 7.11. The topological polar surface area (TPSA) is 105 Å². The number of carbonyl (C=O) groups is 2. The third-order valence-electron chi connectivity index (χ3n) is 5.09. The maximum Gasteiger partial charge on any atom is 0.276 e. The molecule has 1 fully saturated rings. The molecule has 1 unspecified atom stereocenters. The highest BCUT2D eigenvalue weighted by Crippen LogP contribution is 2.26. The molecule has 2 heterocycles. The van der Waals surface area contributed by atoms with Gasteiger partial charge in [0.05, 0.1) is 16.4 Å². The largest absolute Gasteiger partial charge is 0.338 e. The van der Waals surface area contributed by atoms with Gasteiger partial charge in [0.25, 0.3) is 11.6 Å². The number of nitrogens with zero attached hydrogens (tertiary/aromatic N) is 3. The average molecular weight is 400 g/mol. The normalized spacial score (nSPS) is 16.4. The smallest absolute Gasteiger partial charge is 0.276 e. The summed E-state index contributed by atoms with van der Waals surface area (Å²) in [4.78, 5) is 41.4. The molecule has 8 nitrogen and oxygen atoms in total. The number of hydrogen-bond donors (Lipinski definition) is 1. The fourth-order valence-corrected chi connectivity index (χ4v) is 3.37. The fourth-order valence-electron chi connectivity index (χ4n) is 3.37. The SMILES string of the molecule is Cc1cccnc1NC(=O)C1CCCN(C(=O)c2cc(F)c(C)c([N+](=O)[O-])c2)C1. The Kier molecular flexibility index (Phi) is 5.86. The second-order valence-corrected chi connectivity index (χ2v) is 7.11. The van der Waals surface area contributed by atoms with Crippen LogP contribution in [0.2, 0.25) is 0 Å². The van der Waals surface area contributed by atoms with Gasteiger partial charge >= 0.3 is 0 Å². The third kappa shape index (κ3) is 4.39. The van der Waals surface area contributed by atoms with Gasteiger partial charge in [-0.15, -0.1) is 0 Å². The highest BCUT2D eigenvalue weighted by atomic mass is 19.1. The van der Waals surface area contributed by atoms with E-state index in [4.69, 9.17) is 0 Å². The number of amides is 2. The summed E-state index contributed by atoms with van der Waals surface area (Å²) in [6, 6.07) is 5.69. The molecule has 1 aliphatic rings. The zero-order valence-corrected chi connectivity index (χ0v) is 16.1. The van der Waals surface area contributed by atoms with Gasteiger partial charge in [-0.2, -0.15) is 0 Å². The van der Waals surface area contributed by atoms with Gasteiger partial charge in [-0.25, -0.2) is 9.37 Å². The Hall–Kier alpha value is -3.36. The van der Waals surface area contributed by atoms with Crippen molar-refractivity contribution in [3.8, 4) is 0 Å². The van der Waals surface area contributed by atoms with Crippen LogP contribution in [0, 0.1) is 35.7 Å². The van der Waals surface area contributed by atoms with Crippen LogP contribution in [-0.2, 0) is 4.79 Å². The van der Waals surface area contributed by atoms with E-state index in [1.165, 1.54) is 11.8 Å². The van der Waals surface area contributed by atoms with Crippen molar-refractivity contribution in [1.29, 1.82) is 0 Å². The molecule has 2 aromatic rings. The molecule has 1 atom stereocenters. The number of nitrogens with one attached hydrogen (secondary N) is 1. The van der Waals surface area contributed by atoms with Gasteiger partial charge < -0.3 is 10.2 Å².